The van der Waals surface area contributed by atoms with Crippen molar-refractivity contribution < 1.29 is 0 Å². The molecule has 102 valence electrons. The van der Waals surface area contributed by atoms with Crippen LogP contribution in [0.15, 0.2) is 15.9 Å². The zero-order chi connectivity index (χ0) is 12.8. The van der Waals surface area contributed by atoms with Crippen LogP contribution in [0.2, 0.25) is 0 Å². The SMILES string of the molecule is CN(CCc1cc(Br)cs1)CCC1CCNCC1. The smallest absolute Gasteiger partial charge is 0.0285 e. The van der Waals surface area contributed by atoms with Gasteiger partial charge in [0, 0.05) is 21.3 Å². The molecule has 2 rings (SSSR count). The van der Waals surface area contributed by atoms with E-state index >= 15 is 0 Å². The van der Waals surface area contributed by atoms with Crippen LogP contribution < -0.4 is 5.32 Å². The summed E-state index contributed by atoms with van der Waals surface area (Å²) >= 11 is 5.37. The lowest BCUT2D eigenvalue weighted by Crippen LogP contribution is -2.30. The molecule has 1 aromatic heterocycles. The number of nitrogens with zero attached hydrogens (tertiary/aromatic N) is 1. The van der Waals surface area contributed by atoms with E-state index in [2.05, 4.69) is 44.6 Å². The Morgan fingerprint density at radius 1 is 1.39 bits per heavy atom. The molecular formula is C14H23BrN2S. The molecule has 1 fully saturated rings. The second kappa shape index (κ2) is 7.63. The van der Waals surface area contributed by atoms with Crippen LogP contribution in [-0.4, -0.2) is 38.1 Å². The molecule has 18 heavy (non-hydrogen) atoms. The predicted molar refractivity (Wildman–Crippen MR) is 83.4 cm³/mol. The van der Waals surface area contributed by atoms with Crippen molar-refractivity contribution in [3.05, 3.63) is 20.8 Å². The number of hydrogen-bond acceptors (Lipinski definition) is 3. The van der Waals surface area contributed by atoms with Gasteiger partial charge in [-0.25, -0.2) is 0 Å². The van der Waals surface area contributed by atoms with Crippen molar-refractivity contribution in [1.82, 2.24) is 10.2 Å². The van der Waals surface area contributed by atoms with Crippen molar-refractivity contribution in [1.29, 1.82) is 0 Å². The number of thiophene rings is 1. The van der Waals surface area contributed by atoms with Gasteiger partial charge in [0.1, 0.15) is 0 Å². The molecule has 0 spiro atoms. The predicted octanol–water partition coefficient (Wildman–Crippen LogP) is 3.37. The molecule has 1 aliphatic heterocycles. The Labute approximate surface area is 123 Å². The minimum absolute atomic E-state index is 0.949. The maximum Gasteiger partial charge on any atom is 0.0285 e. The number of nitrogens with one attached hydrogen (secondary N) is 1. The third-order valence-electron chi connectivity index (χ3n) is 3.74. The summed E-state index contributed by atoms with van der Waals surface area (Å²) in [6.07, 6.45) is 5.28. The molecule has 4 heteroatoms. The average Bonchev–Trinajstić information content (AvgIpc) is 2.81. The second-order valence-electron chi connectivity index (χ2n) is 5.27. The minimum Gasteiger partial charge on any atom is -0.317 e. The highest BCUT2D eigenvalue weighted by Gasteiger charge is 2.13. The van der Waals surface area contributed by atoms with E-state index < -0.39 is 0 Å². The summed E-state index contributed by atoms with van der Waals surface area (Å²) in [5, 5.41) is 5.61. The molecule has 0 saturated carbocycles. The fourth-order valence-electron chi connectivity index (χ4n) is 2.47. The second-order valence-corrected chi connectivity index (χ2v) is 7.18. The van der Waals surface area contributed by atoms with E-state index in [9.17, 15) is 0 Å². The highest BCUT2D eigenvalue weighted by atomic mass is 79.9. The Morgan fingerprint density at radius 2 is 2.17 bits per heavy atom. The van der Waals surface area contributed by atoms with E-state index in [0.29, 0.717) is 0 Å². The van der Waals surface area contributed by atoms with E-state index in [-0.39, 0.29) is 0 Å². The summed E-state index contributed by atoms with van der Waals surface area (Å²) in [7, 11) is 2.25. The molecule has 0 amide bonds. The first kappa shape index (κ1) is 14.5. The van der Waals surface area contributed by atoms with Crippen LogP contribution in [0.4, 0.5) is 0 Å². The molecule has 0 aliphatic carbocycles. The largest absolute Gasteiger partial charge is 0.317 e. The lowest BCUT2D eigenvalue weighted by Gasteiger charge is -2.25. The summed E-state index contributed by atoms with van der Waals surface area (Å²) in [5.41, 5.74) is 0. The molecule has 0 bridgehead atoms. The first-order valence-electron chi connectivity index (χ1n) is 6.86. The van der Waals surface area contributed by atoms with Crippen LogP contribution in [-0.2, 0) is 6.42 Å². The summed E-state index contributed by atoms with van der Waals surface area (Å²) < 4.78 is 1.22. The molecule has 2 nitrogen and oxygen atoms in total. The van der Waals surface area contributed by atoms with Gasteiger partial charge < -0.3 is 10.2 Å². The molecule has 0 atom stereocenters. The highest BCUT2D eigenvalue weighted by molar-refractivity contribution is 9.10. The van der Waals surface area contributed by atoms with Crippen LogP contribution in [0, 0.1) is 5.92 Å². The normalized spacial score (nSPS) is 17.5. The van der Waals surface area contributed by atoms with E-state index in [1.54, 1.807) is 0 Å². The summed E-state index contributed by atoms with van der Waals surface area (Å²) in [5.74, 6) is 0.949. The van der Waals surface area contributed by atoms with Gasteiger partial charge in [0.25, 0.3) is 0 Å². The van der Waals surface area contributed by atoms with Crippen molar-refractivity contribution in [3.8, 4) is 0 Å². The van der Waals surface area contributed by atoms with Gasteiger partial charge in [0.2, 0.25) is 0 Å². The molecule has 0 radical (unpaired) electrons. The molecule has 0 unspecified atom stereocenters. The van der Waals surface area contributed by atoms with Crippen molar-refractivity contribution >= 4 is 27.3 Å². The number of likely N-dealkylation sites (N-methyl/N-ethyl adjacent to an activating group) is 1. The fourth-order valence-corrected chi connectivity index (χ4v) is 3.92. The Hall–Kier alpha value is 0.1000. The standard InChI is InChI=1S/C14H23BrN2S/c1-17(8-4-12-2-6-16-7-3-12)9-5-14-10-13(15)11-18-14/h10-12,16H,2-9H2,1H3. The van der Waals surface area contributed by atoms with Crippen LogP contribution in [0.1, 0.15) is 24.1 Å². The topological polar surface area (TPSA) is 15.3 Å². The van der Waals surface area contributed by atoms with Crippen LogP contribution >= 0.6 is 27.3 Å². The summed E-state index contributed by atoms with van der Waals surface area (Å²) in [4.78, 5) is 3.96. The van der Waals surface area contributed by atoms with Crippen molar-refractivity contribution in [2.75, 3.05) is 33.2 Å². The van der Waals surface area contributed by atoms with Crippen molar-refractivity contribution in [3.63, 3.8) is 0 Å². The minimum atomic E-state index is 0.949. The first-order chi connectivity index (χ1) is 8.74. The van der Waals surface area contributed by atoms with E-state index in [1.807, 2.05) is 11.3 Å². The van der Waals surface area contributed by atoms with Gasteiger partial charge in [-0.05, 0) is 80.3 Å². The van der Waals surface area contributed by atoms with Crippen LogP contribution in [0.5, 0.6) is 0 Å². The molecule has 1 N–H and O–H groups in total. The first-order valence-corrected chi connectivity index (χ1v) is 8.53. The molecule has 1 saturated heterocycles. The Kier molecular flexibility index (Phi) is 6.15. The molecule has 1 aliphatic rings. The van der Waals surface area contributed by atoms with E-state index in [1.165, 1.54) is 61.2 Å². The van der Waals surface area contributed by atoms with E-state index in [0.717, 1.165) is 5.92 Å². The summed E-state index contributed by atoms with van der Waals surface area (Å²) in [6, 6.07) is 2.24. The molecule has 2 heterocycles. The molecular weight excluding hydrogens is 308 g/mol. The van der Waals surface area contributed by atoms with E-state index in [4.69, 9.17) is 0 Å². The van der Waals surface area contributed by atoms with Crippen LogP contribution in [0.25, 0.3) is 0 Å². The lowest BCUT2D eigenvalue weighted by molar-refractivity contribution is 0.273. The average molecular weight is 331 g/mol. The van der Waals surface area contributed by atoms with Crippen molar-refractivity contribution in [2.24, 2.45) is 5.92 Å². The van der Waals surface area contributed by atoms with Gasteiger partial charge in [-0.2, -0.15) is 0 Å². The fraction of sp³-hybridized carbons (Fsp3) is 0.714. The molecule has 0 aromatic carbocycles. The van der Waals surface area contributed by atoms with Gasteiger partial charge in [-0.3, -0.25) is 0 Å². The van der Waals surface area contributed by atoms with Gasteiger partial charge in [0.05, 0.1) is 0 Å². The maximum atomic E-state index is 3.51. The number of hydrogen-bond donors (Lipinski definition) is 1. The van der Waals surface area contributed by atoms with Crippen molar-refractivity contribution in [2.45, 2.75) is 25.7 Å². The van der Waals surface area contributed by atoms with Gasteiger partial charge in [-0.15, -0.1) is 11.3 Å². The third-order valence-corrected chi connectivity index (χ3v) is 5.50. The quantitative estimate of drug-likeness (QED) is 0.860. The number of rotatable bonds is 6. The van der Waals surface area contributed by atoms with Crippen LogP contribution in [0.3, 0.4) is 0 Å². The lowest BCUT2D eigenvalue weighted by atomic mass is 9.94. The maximum absolute atomic E-state index is 3.51. The van der Waals surface area contributed by atoms with Gasteiger partial charge >= 0.3 is 0 Å². The molecule has 1 aromatic rings. The summed E-state index contributed by atoms with van der Waals surface area (Å²) in [6.45, 7) is 4.87. The third kappa shape index (κ3) is 5.00. The van der Waals surface area contributed by atoms with Gasteiger partial charge in [-0.1, -0.05) is 0 Å². The Morgan fingerprint density at radius 3 is 2.83 bits per heavy atom. The zero-order valence-electron chi connectivity index (χ0n) is 11.1. The Bertz CT molecular complexity index is 347. The highest BCUT2D eigenvalue weighted by Crippen LogP contribution is 2.20. The number of piperidine rings is 1. The van der Waals surface area contributed by atoms with Gasteiger partial charge in [0.15, 0.2) is 0 Å². The Balaban J connectivity index is 1.61. The monoisotopic (exact) mass is 330 g/mol. The zero-order valence-corrected chi connectivity index (χ0v) is 13.5. The number of halogens is 1.